The molecule has 1 aliphatic heterocycles. The molecule has 3 nitrogen and oxygen atoms in total. The van der Waals surface area contributed by atoms with Gasteiger partial charge in [-0.15, -0.1) is 0 Å². The van der Waals surface area contributed by atoms with Gasteiger partial charge in [-0.25, -0.2) is 0 Å². The summed E-state index contributed by atoms with van der Waals surface area (Å²) in [6.07, 6.45) is 1.81. The van der Waals surface area contributed by atoms with E-state index in [0.29, 0.717) is 0 Å². The molecule has 20 heavy (non-hydrogen) atoms. The van der Waals surface area contributed by atoms with Gasteiger partial charge in [-0.2, -0.15) is 0 Å². The Kier molecular flexibility index (Phi) is 3.40. The average Bonchev–Trinajstić information content (AvgIpc) is 2.46. The van der Waals surface area contributed by atoms with Crippen molar-refractivity contribution in [2.75, 3.05) is 13.7 Å². The van der Waals surface area contributed by atoms with Crippen LogP contribution in [0.15, 0.2) is 36.4 Å². The second-order valence-electron chi connectivity index (χ2n) is 5.76. The van der Waals surface area contributed by atoms with Crippen LogP contribution in [0, 0.1) is 0 Å². The van der Waals surface area contributed by atoms with Crippen LogP contribution in [0.2, 0.25) is 0 Å². The minimum absolute atomic E-state index is 0.223. The predicted molar refractivity (Wildman–Crippen MR) is 81.0 cm³/mol. The largest absolute Gasteiger partial charge is 0.497 e. The molecule has 106 valence electrons. The molecule has 0 spiro atoms. The van der Waals surface area contributed by atoms with Crippen molar-refractivity contribution in [3.63, 3.8) is 0 Å². The van der Waals surface area contributed by atoms with E-state index < -0.39 is 0 Å². The van der Waals surface area contributed by atoms with Gasteiger partial charge in [-0.05, 0) is 54.3 Å². The molecule has 1 heterocycles. The Hall–Kier alpha value is -1.58. The summed E-state index contributed by atoms with van der Waals surface area (Å²) in [5.74, 6) is 0.882. The summed E-state index contributed by atoms with van der Waals surface area (Å²) in [6.45, 7) is 2.87. The minimum Gasteiger partial charge on any atom is -0.497 e. The van der Waals surface area contributed by atoms with Gasteiger partial charge in [-0.1, -0.05) is 18.2 Å². The Morgan fingerprint density at radius 2 is 1.95 bits per heavy atom. The van der Waals surface area contributed by atoms with Gasteiger partial charge in [0.1, 0.15) is 5.75 Å². The molecular weight excluding hydrogens is 250 g/mol. The lowest BCUT2D eigenvalue weighted by atomic mass is 9.85. The third-order valence-electron chi connectivity index (χ3n) is 4.22. The van der Waals surface area contributed by atoms with Crippen LogP contribution in [0.3, 0.4) is 0 Å². The second-order valence-corrected chi connectivity index (χ2v) is 5.76. The van der Waals surface area contributed by atoms with Crippen LogP contribution in [-0.2, 0) is 10.3 Å². The third-order valence-corrected chi connectivity index (χ3v) is 4.22. The summed E-state index contributed by atoms with van der Waals surface area (Å²) >= 11 is 0. The number of fused-ring (bicyclic) bond motifs is 1. The van der Waals surface area contributed by atoms with Crippen LogP contribution in [0.1, 0.15) is 25.3 Å². The topological polar surface area (TPSA) is 44.5 Å². The lowest BCUT2D eigenvalue weighted by Crippen LogP contribution is -2.40. The molecule has 2 N–H and O–H groups in total. The van der Waals surface area contributed by atoms with E-state index in [2.05, 4.69) is 37.3 Å². The van der Waals surface area contributed by atoms with Crippen molar-refractivity contribution >= 4 is 10.8 Å². The van der Waals surface area contributed by atoms with Gasteiger partial charge < -0.3 is 15.2 Å². The van der Waals surface area contributed by atoms with Crippen molar-refractivity contribution in [3.05, 3.63) is 42.0 Å². The molecule has 0 amide bonds. The SMILES string of the molecule is COc1ccc2cc(C3(C)CC(N)CCO3)ccc2c1. The Morgan fingerprint density at radius 1 is 1.20 bits per heavy atom. The van der Waals surface area contributed by atoms with E-state index in [9.17, 15) is 0 Å². The smallest absolute Gasteiger partial charge is 0.119 e. The summed E-state index contributed by atoms with van der Waals surface area (Å²) < 4.78 is 11.3. The quantitative estimate of drug-likeness (QED) is 0.912. The highest BCUT2D eigenvalue weighted by Gasteiger charge is 2.33. The zero-order valence-electron chi connectivity index (χ0n) is 12.1. The van der Waals surface area contributed by atoms with Crippen molar-refractivity contribution in [3.8, 4) is 5.75 Å². The number of ether oxygens (including phenoxy) is 2. The molecule has 1 fully saturated rings. The van der Waals surface area contributed by atoms with Crippen molar-refractivity contribution < 1.29 is 9.47 Å². The number of methoxy groups -OCH3 is 1. The fraction of sp³-hybridized carbons (Fsp3) is 0.412. The van der Waals surface area contributed by atoms with E-state index in [4.69, 9.17) is 15.2 Å². The predicted octanol–water partition coefficient (Wildman–Crippen LogP) is 3.20. The van der Waals surface area contributed by atoms with Crippen molar-refractivity contribution in [2.24, 2.45) is 5.73 Å². The minimum atomic E-state index is -0.272. The highest BCUT2D eigenvalue weighted by molar-refractivity contribution is 5.84. The second kappa shape index (κ2) is 5.08. The maximum Gasteiger partial charge on any atom is 0.119 e. The first-order chi connectivity index (χ1) is 9.60. The summed E-state index contributed by atoms with van der Waals surface area (Å²) in [6, 6.07) is 12.8. The molecule has 1 aliphatic rings. The van der Waals surface area contributed by atoms with E-state index in [-0.39, 0.29) is 11.6 Å². The Morgan fingerprint density at radius 3 is 2.70 bits per heavy atom. The molecule has 0 bridgehead atoms. The Balaban J connectivity index is 2.00. The summed E-state index contributed by atoms with van der Waals surface area (Å²) in [5, 5.41) is 2.38. The van der Waals surface area contributed by atoms with Crippen molar-refractivity contribution in [1.29, 1.82) is 0 Å². The zero-order chi connectivity index (χ0) is 14.2. The van der Waals surface area contributed by atoms with Gasteiger partial charge in [-0.3, -0.25) is 0 Å². The van der Waals surface area contributed by atoms with Gasteiger partial charge in [0, 0.05) is 12.6 Å². The van der Waals surface area contributed by atoms with Gasteiger partial charge in [0.15, 0.2) is 0 Å². The number of hydrogen-bond donors (Lipinski definition) is 1. The maximum absolute atomic E-state index is 6.10. The lowest BCUT2D eigenvalue weighted by Gasteiger charge is -2.37. The summed E-state index contributed by atoms with van der Waals surface area (Å²) in [5.41, 5.74) is 7.03. The average molecular weight is 271 g/mol. The molecule has 0 aromatic heterocycles. The molecule has 0 aliphatic carbocycles. The molecule has 2 atom stereocenters. The fourth-order valence-corrected chi connectivity index (χ4v) is 2.98. The van der Waals surface area contributed by atoms with E-state index in [1.165, 1.54) is 16.3 Å². The summed E-state index contributed by atoms with van der Waals surface area (Å²) in [4.78, 5) is 0. The first-order valence-corrected chi connectivity index (χ1v) is 7.08. The molecule has 3 heteroatoms. The maximum atomic E-state index is 6.10. The van der Waals surface area contributed by atoms with Crippen molar-refractivity contribution in [1.82, 2.24) is 0 Å². The normalized spacial score (nSPS) is 26.6. The molecular formula is C17H21NO2. The monoisotopic (exact) mass is 271 g/mol. The molecule has 0 radical (unpaired) electrons. The number of benzene rings is 2. The first-order valence-electron chi connectivity index (χ1n) is 7.08. The highest BCUT2D eigenvalue weighted by Crippen LogP contribution is 2.36. The molecule has 1 saturated heterocycles. The Labute approximate surface area is 119 Å². The van der Waals surface area contributed by atoms with Gasteiger partial charge in [0.2, 0.25) is 0 Å². The molecule has 2 aromatic rings. The number of nitrogens with two attached hydrogens (primary N) is 1. The van der Waals surface area contributed by atoms with E-state index >= 15 is 0 Å². The van der Waals surface area contributed by atoms with Gasteiger partial charge in [0.25, 0.3) is 0 Å². The van der Waals surface area contributed by atoms with E-state index in [1.807, 2.05) is 6.07 Å². The molecule has 2 aromatic carbocycles. The first kappa shape index (κ1) is 13.4. The lowest BCUT2D eigenvalue weighted by molar-refractivity contribution is -0.0765. The third kappa shape index (κ3) is 2.39. The van der Waals surface area contributed by atoms with Crippen LogP contribution in [-0.4, -0.2) is 19.8 Å². The molecule has 0 saturated carbocycles. The molecule has 3 rings (SSSR count). The van der Waals surface area contributed by atoms with Crippen LogP contribution >= 0.6 is 0 Å². The number of rotatable bonds is 2. The van der Waals surface area contributed by atoms with Crippen LogP contribution in [0.4, 0.5) is 0 Å². The van der Waals surface area contributed by atoms with E-state index in [0.717, 1.165) is 25.2 Å². The highest BCUT2D eigenvalue weighted by atomic mass is 16.5. The van der Waals surface area contributed by atoms with Crippen LogP contribution in [0.5, 0.6) is 5.75 Å². The van der Waals surface area contributed by atoms with Gasteiger partial charge in [0.05, 0.1) is 12.7 Å². The standard InChI is InChI=1S/C17H21NO2/c1-17(11-15(18)7-8-20-17)14-5-3-13-10-16(19-2)6-4-12(13)9-14/h3-6,9-10,15H,7-8,11,18H2,1-2H3. The van der Waals surface area contributed by atoms with E-state index in [1.54, 1.807) is 7.11 Å². The fourth-order valence-electron chi connectivity index (χ4n) is 2.98. The van der Waals surface area contributed by atoms with Crippen LogP contribution in [0.25, 0.3) is 10.8 Å². The number of hydrogen-bond acceptors (Lipinski definition) is 3. The molecule has 2 unspecified atom stereocenters. The summed E-state index contributed by atoms with van der Waals surface area (Å²) in [7, 11) is 1.69. The van der Waals surface area contributed by atoms with Crippen LogP contribution < -0.4 is 10.5 Å². The van der Waals surface area contributed by atoms with Crippen molar-refractivity contribution in [2.45, 2.75) is 31.4 Å². The van der Waals surface area contributed by atoms with Gasteiger partial charge >= 0.3 is 0 Å². The zero-order valence-corrected chi connectivity index (χ0v) is 12.1. The Bertz CT molecular complexity index is 625.